The van der Waals surface area contributed by atoms with Crippen LogP contribution in [-0.4, -0.2) is 13.2 Å². The molecular formula is C24H34Cl2N2O2. The molecule has 2 aromatic rings. The zero-order valence-corrected chi connectivity index (χ0v) is 19.2. The molecule has 0 heterocycles. The number of halogens is 2. The normalized spacial score (nSPS) is 10.9. The van der Waals surface area contributed by atoms with Gasteiger partial charge in [-0.2, -0.15) is 0 Å². The minimum absolute atomic E-state index is 0.579. The van der Waals surface area contributed by atoms with Crippen molar-refractivity contribution in [2.45, 2.75) is 64.2 Å². The third-order valence-electron chi connectivity index (χ3n) is 4.97. The Morgan fingerprint density at radius 1 is 0.533 bits per heavy atom. The van der Waals surface area contributed by atoms with Crippen LogP contribution in [0.15, 0.2) is 36.4 Å². The minimum atomic E-state index is 0.579. The Morgan fingerprint density at radius 3 is 1.20 bits per heavy atom. The van der Waals surface area contributed by atoms with Crippen molar-refractivity contribution in [2.75, 3.05) is 24.7 Å². The lowest BCUT2D eigenvalue weighted by Crippen LogP contribution is -1.98. The summed E-state index contributed by atoms with van der Waals surface area (Å²) >= 11 is 12.2. The maximum Gasteiger partial charge on any atom is 0.138 e. The molecule has 166 valence electrons. The van der Waals surface area contributed by atoms with Crippen LogP contribution in [0.5, 0.6) is 11.5 Å². The molecule has 0 amide bonds. The van der Waals surface area contributed by atoms with Crippen LogP contribution >= 0.6 is 23.2 Å². The van der Waals surface area contributed by atoms with E-state index in [4.69, 9.17) is 44.1 Å². The minimum Gasteiger partial charge on any atom is -0.492 e. The second-order valence-electron chi connectivity index (χ2n) is 7.61. The van der Waals surface area contributed by atoms with Gasteiger partial charge in [0, 0.05) is 11.4 Å². The SMILES string of the molecule is Nc1ccc(OCCCCCCCCCCCCOc2ccc(N)cc2Cl)c(Cl)c1. The molecule has 0 bridgehead atoms. The fraction of sp³-hybridized carbons (Fsp3) is 0.500. The van der Waals surface area contributed by atoms with Crippen molar-refractivity contribution in [3.05, 3.63) is 46.4 Å². The van der Waals surface area contributed by atoms with Crippen LogP contribution in [0.2, 0.25) is 10.0 Å². The third kappa shape index (κ3) is 9.82. The lowest BCUT2D eigenvalue weighted by atomic mass is 10.1. The Bertz CT molecular complexity index is 692. The van der Waals surface area contributed by atoms with Crippen LogP contribution in [0.4, 0.5) is 11.4 Å². The number of rotatable bonds is 15. The van der Waals surface area contributed by atoms with E-state index in [1.54, 1.807) is 12.1 Å². The van der Waals surface area contributed by atoms with Gasteiger partial charge in [0.25, 0.3) is 0 Å². The van der Waals surface area contributed by atoms with Gasteiger partial charge < -0.3 is 20.9 Å². The average Bonchev–Trinajstić information content (AvgIpc) is 2.71. The van der Waals surface area contributed by atoms with Gasteiger partial charge in [-0.15, -0.1) is 0 Å². The van der Waals surface area contributed by atoms with Crippen LogP contribution in [0, 0.1) is 0 Å². The first-order valence-electron chi connectivity index (χ1n) is 10.9. The fourth-order valence-corrected chi connectivity index (χ4v) is 3.74. The van der Waals surface area contributed by atoms with Gasteiger partial charge in [0.15, 0.2) is 0 Å². The number of hydrogen-bond acceptors (Lipinski definition) is 4. The van der Waals surface area contributed by atoms with Crippen LogP contribution < -0.4 is 20.9 Å². The van der Waals surface area contributed by atoms with Gasteiger partial charge >= 0.3 is 0 Å². The third-order valence-corrected chi connectivity index (χ3v) is 5.56. The predicted octanol–water partition coefficient (Wildman–Crippen LogP) is 7.52. The van der Waals surface area contributed by atoms with Gasteiger partial charge in [-0.25, -0.2) is 0 Å². The van der Waals surface area contributed by atoms with Gasteiger partial charge in [0.05, 0.1) is 23.3 Å². The highest BCUT2D eigenvalue weighted by Gasteiger charge is 2.02. The van der Waals surface area contributed by atoms with E-state index in [1.807, 2.05) is 24.3 Å². The lowest BCUT2D eigenvalue weighted by molar-refractivity contribution is 0.303. The van der Waals surface area contributed by atoms with Crippen molar-refractivity contribution in [3.8, 4) is 11.5 Å². The maximum absolute atomic E-state index is 6.10. The molecule has 4 N–H and O–H groups in total. The topological polar surface area (TPSA) is 70.5 Å². The van der Waals surface area contributed by atoms with Gasteiger partial charge in [0.1, 0.15) is 11.5 Å². The Balaban J connectivity index is 1.35. The first-order chi connectivity index (χ1) is 14.6. The maximum atomic E-state index is 6.10. The quantitative estimate of drug-likeness (QED) is 0.216. The lowest BCUT2D eigenvalue weighted by Gasteiger charge is -2.09. The summed E-state index contributed by atoms with van der Waals surface area (Å²) in [5.41, 5.74) is 12.7. The molecule has 30 heavy (non-hydrogen) atoms. The summed E-state index contributed by atoms with van der Waals surface area (Å²) in [4.78, 5) is 0. The van der Waals surface area contributed by atoms with Crippen molar-refractivity contribution in [3.63, 3.8) is 0 Å². The number of nitrogens with two attached hydrogens (primary N) is 2. The summed E-state index contributed by atoms with van der Waals surface area (Å²) in [6.45, 7) is 1.40. The summed E-state index contributed by atoms with van der Waals surface area (Å²) in [5.74, 6) is 1.43. The monoisotopic (exact) mass is 452 g/mol. The molecule has 2 aromatic carbocycles. The molecule has 0 aliphatic carbocycles. The van der Waals surface area contributed by atoms with Crippen molar-refractivity contribution >= 4 is 34.6 Å². The summed E-state index contributed by atoms with van der Waals surface area (Å²) < 4.78 is 11.4. The van der Waals surface area contributed by atoms with E-state index in [9.17, 15) is 0 Å². The summed E-state index contributed by atoms with van der Waals surface area (Å²) in [6.07, 6.45) is 12.2. The predicted molar refractivity (Wildman–Crippen MR) is 129 cm³/mol. The largest absolute Gasteiger partial charge is 0.492 e. The second-order valence-corrected chi connectivity index (χ2v) is 8.43. The molecular weight excluding hydrogens is 419 g/mol. The molecule has 0 radical (unpaired) electrons. The molecule has 0 aliphatic heterocycles. The summed E-state index contributed by atoms with van der Waals surface area (Å²) in [5, 5.41) is 1.16. The molecule has 0 fully saturated rings. The summed E-state index contributed by atoms with van der Waals surface area (Å²) in [7, 11) is 0. The molecule has 2 rings (SSSR count). The van der Waals surface area contributed by atoms with Crippen molar-refractivity contribution < 1.29 is 9.47 Å². The van der Waals surface area contributed by atoms with Gasteiger partial charge in [-0.3, -0.25) is 0 Å². The Morgan fingerprint density at radius 2 is 0.867 bits per heavy atom. The molecule has 0 saturated heterocycles. The van der Waals surface area contributed by atoms with Crippen molar-refractivity contribution in [1.82, 2.24) is 0 Å². The van der Waals surface area contributed by atoms with E-state index in [1.165, 1.54) is 51.4 Å². The molecule has 0 atom stereocenters. The van der Waals surface area contributed by atoms with E-state index in [-0.39, 0.29) is 0 Å². The molecule has 4 nitrogen and oxygen atoms in total. The van der Waals surface area contributed by atoms with Gasteiger partial charge in [-0.1, -0.05) is 74.6 Å². The molecule has 0 saturated carbocycles. The number of ether oxygens (including phenoxy) is 2. The van der Waals surface area contributed by atoms with Gasteiger partial charge in [-0.05, 0) is 49.2 Å². The average molecular weight is 453 g/mol. The Labute approximate surface area is 190 Å². The molecule has 6 heteroatoms. The zero-order chi connectivity index (χ0) is 21.6. The number of nitrogen functional groups attached to an aromatic ring is 2. The van der Waals surface area contributed by atoms with E-state index in [0.29, 0.717) is 46.1 Å². The van der Waals surface area contributed by atoms with E-state index in [2.05, 4.69) is 0 Å². The second kappa shape index (κ2) is 14.3. The van der Waals surface area contributed by atoms with Gasteiger partial charge in [0.2, 0.25) is 0 Å². The molecule has 0 aromatic heterocycles. The van der Waals surface area contributed by atoms with Crippen LogP contribution in [-0.2, 0) is 0 Å². The number of hydrogen-bond donors (Lipinski definition) is 2. The van der Waals surface area contributed by atoms with Crippen LogP contribution in [0.3, 0.4) is 0 Å². The van der Waals surface area contributed by atoms with E-state index in [0.717, 1.165) is 12.8 Å². The van der Waals surface area contributed by atoms with E-state index >= 15 is 0 Å². The van der Waals surface area contributed by atoms with Crippen LogP contribution in [0.1, 0.15) is 64.2 Å². The first kappa shape index (κ1) is 24.5. The Kier molecular flexibility index (Phi) is 11.6. The highest BCUT2D eigenvalue weighted by atomic mass is 35.5. The smallest absolute Gasteiger partial charge is 0.138 e. The number of anilines is 2. The highest BCUT2D eigenvalue weighted by Crippen LogP contribution is 2.27. The number of unbranched alkanes of at least 4 members (excludes halogenated alkanes) is 9. The Hall–Kier alpha value is -1.78. The highest BCUT2D eigenvalue weighted by molar-refractivity contribution is 6.32. The zero-order valence-electron chi connectivity index (χ0n) is 17.7. The molecule has 0 aliphatic rings. The molecule has 0 unspecified atom stereocenters. The van der Waals surface area contributed by atoms with Crippen molar-refractivity contribution in [2.24, 2.45) is 0 Å². The van der Waals surface area contributed by atoms with Crippen LogP contribution in [0.25, 0.3) is 0 Å². The first-order valence-corrected chi connectivity index (χ1v) is 11.7. The molecule has 0 spiro atoms. The fourth-order valence-electron chi connectivity index (χ4n) is 3.25. The van der Waals surface area contributed by atoms with E-state index < -0.39 is 0 Å². The van der Waals surface area contributed by atoms with Crippen molar-refractivity contribution in [1.29, 1.82) is 0 Å². The summed E-state index contributed by atoms with van der Waals surface area (Å²) in [6, 6.07) is 10.7. The number of benzene rings is 2. The standard InChI is InChI=1S/C24H34Cl2N2O2/c25-21-17-19(27)11-13-23(21)29-15-9-7-5-3-1-2-4-6-8-10-16-30-24-14-12-20(28)18-22(24)26/h11-14,17-18H,1-10,15-16,27-28H2.